The fourth-order valence-electron chi connectivity index (χ4n) is 4.27. The Morgan fingerprint density at radius 2 is 1.92 bits per heavy atom. The topological polar surface area (TPSA) is 75.0 Å². The summed E-state index contributed by atoms with van der Waals surface area (Å²) in [4.78, 5) is 27.4. The fourth-order valence-corrected chi connectivity index (χ4v) is 5.27. The van der Waals surface area contributed by atoms with Gasteiger partial charge in [-0.15, -0.1) is 11.8 Å². The number of pyridine rings is 1. The van der Waals surface area contributed by atoms with E-state index in [0.29, 0.717) is 11.5 Å². The monoisotopic (exact) mass is 511 g/mol. The zero-order chi connectivity index (χ0) is 25.2. The average Bonchev–Trinajstić information content (AvgIpc) is 2.87. The van der Waals surface area contributed by atoms with Crippen molar-refractivity contribution in [2.24, 2.45) is 0 Å². The van der Waals surface area contributed by atoms with Crippen LogP contribution >= 0.6 is 11.8 Å². The number of aromatic hydroxyl groups is 1. The Labute approximate surface area is 210 Å². The van der Waals surface area contributed by atoms with Crippen LogP contribution in [-0.4, -0.2) is 46.3 Å². The second-order valence-electron chi connectivity index (χ2n) is 8.41. The van der Waals surface area contributed by atoms with Crippen LogP contribution in [-0.2, 0) is 12.3 Å². The van der Waals surface area contributed by atoms with Crippen LogP contribution in [0, 0.1) is 0 Å². The van der Waals surface area contributed by atoms with Gasteiger partial charge in [0.15, 0.2) is 11.4 Å². The van der Waals surface area contributed by atoms with Crippen LogP contribution in [0.15, 0.2) is 82.6 Å². The third kappa shape index (κ3) is 4.68. The van der Waals surface area contributed by atoms with Gasteiger partial charge in [-0.3, -0.25) is 19.3 Å². The normalized spacial score (nSPS) is 18.9. The number of aromatic nitrogens is 1. The molecular weight excluding hydrogens is 488 g/mol. The quantitative estimate of drug-likeness (QED) is 0.499. The molecule has 1 atom stereocenters. The van der Waals surface area contributed by atoms with Crippen molar-refractivity contribution in [3.05, 3.63) is 100.0 Å². The van der Waals surface area contributed by atoms with Gasteiger partial charge >= 0.3 is 0 Å². The van der Waals surface area contributed by atoms with Gasteiger partial charge in [-0.05, 0) is 35.4 Å². The molecule has 5 rings (SSSR count). The molecule has 1 N–H and O–H groups in total. The zero-order valence-electron chi connectivity index (χ0n) is 19.1. The van der Waals surface area contributed by atoms with E-state index in [0.717, 1.165) is 27.0 Å². The number of benzene rings is 2. The van der Waals surface area contributed by atoms with E-state index in [1.165, 1.54) is 23.0 Å². The molecule has 2 aliphatic heterocycles. The molecule has 3 aromatic rings. The maximum absolute atomic E-state index is 14.2. The molecule has 2 aliphatic rings. The lowest BCUT2D eigenvalue weighted by Crippen LogP contribution is -2.57. The van der Waals surface area contributed by atoms with Gasteiger partial charge in [0.25, 0.3) is 12.3 Å². The van der Waals surface area contributed by atoms with Crippen molar-refractivity contribution in [2.75, 3.05) is 18.3 Å². The van der Waals surface area contributed by atoms with Gasteiger partial charge in [0.05, 0.1) is 6.54 Å². The van der Waals surface area contributed by atoms with Crippen molar-refractivity contribution in [1.82, 2.24) is 9.58 Å². The lowest BCUT2D eigenvalue weighted by Gasteiger charge is -2.42. The van der Waals surface area contributed by atoms with Crippen molar-refractivity contribution in [3.8, 4) is 11.5 Å². The molecule has 1 unspecified atom stereocenters. The summed E-state index contributed by atoms with van der Waals surface area (Å²) in [6, 6.07) is 14.9. The summed E-state index contributed by atoms with van der Waals surface area (Å²) in [5.74, 6) is -0.321. The molecule has 10 heteroatoms. The van der Waals surface area contributed by atoms with Crippen molar-refractivity contribution < 1.29 is 23.4 Å². The van der Waals surface area contributed by atoms with Crippen molar-refractivity contribution in [3.63, 3.8) is 0 Å². The highest BCUT2D eigenvalue weighted by molar-refractivity contribution is 7.98. The molecule has 7 nitrogen and oxygen atoms in total. The number of halogens is 2. The van der Waals surface area contributed by atoms with Gasteiger partial charge in [0.2, 0.25) is 5.43 Å². The lowest BCUT2D eigenvalue weighted by molar-refractivity contribution is 0.0283. The highest BCUT2D eigenvalue weighted by Crippen LogP contribution is 2.30. The molecular formula is C26H23F2N3O4S. The first-order chi connectivity index (χ1) is 17.4. The zero-order valence-corrected chi connectivity index (χ0v) is 19.9. The number of hydrogen-bond donors (Lipinski definition) is 1. The highest BCUT2D eigenvalue weighted by atomic mass is 32.2. The molecule has 0 aliphatic carbocycles. The number of fused-ring (bicyclic) bond motifs is 7. The number of amides is 1. The molecule has 1 aromatic heterocycles. The van der Waals surface area contributed by atoms with E-state index >= 15 is 0 Å². The summed E-state index contributed by atoms with van der Waals surface area (Å²) in [5, 5.41) is 12.1. The van der Waals surface area contributed by atoms with Crippen LogP contribution in [0.25, 0.3) is 0 Å². The molecule has 2 aromatic carbocycles. The molecule has 0 spiro atoms. The number of thioether (sulfide) groups is 1. The SMILES string of the molecule is O=C1c2c(O)c(=O)ccn2N2Cc3ccccc3SCc3cccc(c3)OC/C=C/C(C(F)F)N1C2. The van der Waals surface area contributed by atoms with Crippen LogP contribution < -0.4 is 15.2 Å². The second-order valence-corrected chi connectivity index (χ2v) is 9.43. The molecule has 186 valence electrons. The van der Waals surface area contributed by atoms with Gasteiger partial charge in [0.1, 0.15) is 25.1 Å². The predicted octanol–water partition coefficient (Wildman–Crippen LogP) is 3.98. The minimum Gasteiger partial charge on any atom is -0.502 e. The molecule has 3 heterocycles. The Kier molecular flexibility index (Phi) is 6.69. The Bertz CT molecular complexity index is 1380. The molecule has 36 heavy (non-hydrogen) atoms. The molecule has 0 radical (unpaired) electrons. The van der Waals surface area contributed by atoms with Gasteiger partial charge in [0, 0.05) is 22.9 Å². The standard InChI is InChI=1S/C26H23F2N3O4S/c27-25(28)20-8-4-12-35-19-7-3-5-17(13-19)15-36-22-9-2-1-6-18(22)14-29-16-30(20)26(34)23-24(33)21(32)10-11-31(23)29/h1-11,13,20,25,33H,12,14-16H2/b8-4+. The number of nitrogens with zero attached hydrogens (tertiary/aromatic N) is 3. The van der Waals surface area contributed by atoms with Crippen LogP contribution in [0.4, 0.5) is 8.78 Å². The van der Waals surface area contributed by atoms with Crippen LogP contribution in [0.2, 0.25) is 0 Å². The number of hydrogen-bond acceptors (Lipinski definition) is 6. The molecule has 0 saturated heterocycles. The Hall–Kier alpha value is -3.79. The maximum Gasteiger partial charge on any atom is 0.278 e. The van der Waals surface area contributed by atoms with E-state index in [-0.39, 0.29) is 25.5 Å². The Morgan fingerprint density at radius 1 is 1.08 bits per heavy atom. The second kappa shape index (κ2) is 10.1. The van der Waals surface area contributed by atoms with Crippen LogP contribution in [0.3, 0.4) is 0 Å². The van der Waals surface area contributed by atoms with Crippen LogP contribution in [0.1, 0.15) is 21.6 Å². The first-order valence-corrected chi connectivity index (χ1v) is 12.3. The fraction of sp³-hybridized carbons (Fsp3) is 0.231. The largest absolute Gasteiger partial charge is 0.502 e. The average molecular weight is 512 g/mol. The maximum atomic E-state index is 14.2. The van der Waals surface area contributed by atoms with Gasteiger partial charge in [-0.1, -0.05) is 36.4 Å². The minimum absolute atomic E-state index is 0.0374. The van der Waals surface area contributed by atoms with E-state index < -0.39 is 29.6 Å². The van der Waals surface area contributed by atoms with Crippen molar-refractivity contribution in [2.45, 2.75) is 29.7 Å². The number of alkyl halides is 2. The summed E-state index contributed by atoms with van der Waals surface area (Å²) in [6.45, 7) is 0.118. The molecule has 1 amide bonds. The Morgan fingerprint density at radius 3 is 2.75 bits per heavy atom. The highest BCUT2D eigenvalue weighted by Gasteiger charge is 2.38. The smallest absolute Gasteiger partial charge is 0.278 e. The van der Waals surface area contributed by atoms with E-state index in [2.05, 4.69) is 0 Å². The van der Waals surface area contributed by atoms with Crippen molar-refractivity contribution in [1.29, 1.82) is 0 Å². The van der Waals surface area contributed by atoms with E-state index in [1.54, 1.807) is 22.8 Å². The number of rotatable bonds is 1. The van der Waals surface area contributed by atoms with Gasteiger partial charge in [-0.25, -0.2) is 8.78 Å². The predicted molar refractivity (Wildman–Crippen MR) is 132 cm³/mol. The first-order valence-electron chi connectivity index (χ1n) is 11.3. The van der Waals surface area contributed by atoms with Crippen LogP contribution in [0.5, 0.6) is 11.5 Å². The summed E-state index contributed by atoms with van der Waals surface area (Å²) < 4.78 is 35.5. The van der Waals surface area contributed by atoms with E-state index in [4.69, 9.17) is 4.74 Å². The van der Waals surface area contributed by atoms with Crippen molar-refractivity contribution >= 4 is 17.7 Å². The third-order valence-corrected chi connectivity index (χ3v) is 7.24. The minimum atomic E-state index is -2.90. The van der Waals surface area contributed by atoms with E-state index in [9.17, 15) is 23.5 Å². The number of ether oxygens (including phenoxy) is 1. The van der Waals surface area contributed by atoms with E-state index in [1.807, 2.05) is 42.5 Å². The van der Waals surface area contributed by atoms with Gasteiger partial charge < -0.3 is 14.7 Å². The Balaban J connectivity index is 1.62. The first kappa shape index (κ1) is 23.9. The van der Waals surface area contributed by atoms with Gasteiger partial charge in [-0.2, -0.15) is 0 Å². The summed E-state index contributed by atoms with van der Waals surface area (Å²) in [7, 11) is 0. The third-order valence-electron chi connectivity index (χ3n) is 6.05. The molecule has 0 saturated carbocycles. The lowest BCUT2D eigenvalue weighted by atomic mass is 10.1. The summed E-state index contributed by atoms with van der Waals surface area (Å²) in [5.41, 5.74) is 0.860. The summed E-state index contributed by atoms with van der Waals surface area (Å²) >= 11 is 1.62. The number of carbonyl (C=O) groups excluding carboxylic acids is 1. The molecule has 0 fully saturated rings. The molecule has 4 bridgehead atoms. The summed E-state index contributed by atoms with van der Waals surface area (Å²) in [6.07, 6.45) is 1.16. The number of carbonyl (C=O) groups is 1.